The predicted octanol–water partition coefficient (Wildman–Crippen LogP) is 6.72. The van der Waals surface area contributed by atoms with Gasteiger partial charge in [-0.3, -0.25) is 0 Å². The molecular weight excluding hydrogens is 767 g/mol. The monoisotopic (exact) mass is 829 g/mol. The van der Waals surface area contributed by atoms with Crippen LogP contribution in [0, 0.1) is 52.8 Å². The van der Waals surface area contributed by atoms with Crippen molar-refractivity contribution in [2.24, 2.45) is 46.7 Å². The van der Waals surface area contributed by atoms with Gasteiger partial charge in [-0.1, -0.05) is 71.4 Å². The lowest BCUT2D eigenvalue weighted by Gasteiger charge is -2.37. The number of aromatic hydroxyl groups is 1. The predicted molar refractivity (Wildman–Crippen MR) is 233 cm³/mol. The summed E-state index contributed by atoms with van der Waals surface area (Å²) in [5.74, 6) is 8.69. The lowest BCUT2D eigenvalue weighted by Crippen LogP contribution is -2.42. The highest BCUT2D eigenvalue weighted by molar-refractivity contribution is 8.76. The highest BCUT2D eigenvalue weighted by atomic mass is 33.1. The summed E-state index contributed by atoms with van der Waals surface area (Å²) in [7, 11) is 3.28. The molecule has 9 N–H and O–H groups in total. The molecule has 6 aliphatic rings. The summed E-state index contributed by atoms with van der Waals surface area (Å²) in [5, 5.41) is 62.1. The van der Waals surface area contributed by atoms with Gasteiger partial charge in [0.15, 0.2) is 11.5 Å². The van der Waals surface area contributed by atoms with Gasteiger partial charge in [0.25, 0.3) is 0 Å². The summed E-state index contributed by atoms with van der Waals surface area (Å²) in [6.07, 6.45) is 12.5. The summed E-state index contributed by atoms with van der Waals surface area (Å²) in [6, 6.07) is 7.84. The first-order valence-electron chi connectivity index (χ1n) is 21.8. The van der Waals surface area contributed by atoms with Gasteiger partial charge in [0.1, 0.15) is 11.9 Å². The molecule has 0 radical (unpaired) electrons. The Balaban J connectivity index is 1.17. The minimum Gasteiger partial charge on any atom is -0.504 e. The minimum absolute atomic E-state index is 0.0188. The normalized spacial score (nSPS) is 36.5. The third-order valence-corrected chi connectivity index (χ3v) is 17.1. The fourth-order valence-corrected chi connectivity index (χ4v) is 13.7. The second-order valence-corrected chi connectivity index (χ2v) is 20.4. The van der Waals surface area contributed by atoms with Gasteiger partial charge >= 0.3 is 0 Å². The third kappa shape index (κ3) is 8.36. The lowest BCUT2D eigenvalue weighted by molar-refractivity contribution is -0.0345. The number of ether oxygens (including phenoxy) is 1. The molecule has 0 amide bonds. The van der Waals surface area contributed by atoms with Gasteiger partial charge in [-0.05, 0) is 123 Å². The maximum Gasteiger partial charge on any atom is 0.161 e. The quantitative estimate of drug-likeness (QED) is 0.0854. The third-order valence-electron chi connectivity index (χ3n) is 14.7. The van der Waals surface area contributed by atoms with Crippen LogP contribution in [0.3, 0.4) is 0 Å². The van der Waals surface area contributed by atoms with Crippen LogP contribution in [0.2, 0.25) is 0 Å². The first-order valence-corrected chi connectivity index (χ1v) is 24.3. The Morgan fingerprint density at radius 3 is 2.69 bits per heavy atom. The van der Waals surface area contributed by atoms with Crippen LogP contribution in [-0.2, 0) is 12.8 Å². The van der Waals surface area contributed by atoms with Crippen LogP contribution in [0.5, 0.6) is 11.5 Å². The molecule has 2 aromatic rings. The number of nitrogens with one attached hydrogen (secondary N) is 2. The minimum atomic E-state index is -1.02. The maximum absolute atomic E-state index is 12.2. The number of dihydropyridines is 1. The van der Waals surface area contributed by atoms with Crippen molar-refractivity contribution in [2.45, 2.75) is 115 Å². The number of H-pyrrole nitrogens is 1. The summed E-state index contributed by atoms with van der Waals surface area (Å²) in [4.78, 5) is 3.36. The number of aliphatic hydroxyl groups is 4. The van der Waals surface area contributed by atoms with E-state index in [1.54, 1.807) is 21.6 Å². The number of fused-ring (bicyclic) bond motifs is 8. The van der Waals surface area contributed by atoms with Crippen LogP contribution in [0.25, 0.3) is 0 Å². The smallest absolute Gasteiger partial charge is 0.161 e. The van der Waals surface area contributed by atoms with Gasteiger partial charge in [0.05, 0.1) is 18.3 Å². The number of phenolic OH excluding ortho intramolecular Hbond substituents is 1. The molecule has 2 aliphatic heterocycles. The number of allylic oxidation sites excluding steroid dienone is 3. The Bertz CT molecular complexity index is 1940. The summed E-state index contributed by atoms with van der Waals surface area (Å²) in [5.41, 5.74) is 13.1. The van der Waals surface area contributed by atoms with E-state index in [-0.39, 0.29) is 53.3 Å². The Morgan fingerprint density at radius 1 is 1.05 bits per heavy atom. The topological polar surface area (TPSA) is 164 Å². The number of hydrogen-bond donors (Lipinski definition) is 8. The molecule has 4 aliphatic carbocycles. The SMILES string of the molecule is CCC1Cc2cc(O)c(OC3CC(Cc4ccc[nH]4)C4=CCNC(N)=C4CSSCC(CO)C3O)cc2C2CC(O)C3C(C#CC4(CC)CCCC(CC4)C3O)C=C12. The Labute approximate surface area is 352 Å². The molecule has 11 heteroatoms. The Kier molecular flexibility index (Phi) is 12.9. The van der Waals surface area contributed by atoms with Crippen molar-refractivity contribution < 1.29 is 30.3 Å². The van der Waals surface area contributed by atoms with Crippen molar-refractivity contribution in [3.8, 4) is 23.3 Å². The van der Waals surface area contributed by atoms with Gasteiger partial charge < -0.3 is 46.3 Å². The molecule has 8 rings (SSSR count). The van der Waals surface area contributed by atoms with E-state index < -0.39 is 30.3 Å². The molecule has 1 aromatic carbocycles. The van der Waals surface area contributed by atoms with E-state index in [1.807, 2.05) is 24.4 Å². The molecular formula is C47H63N3O6S2. The van der Waals surface area contributed by atoms with Gasteiger partial charge in [0, 0.05) is 71.2 Å². The molecule has 1 saturated heterocycles. The fraction of sp³-hybridized carbons (Fsp3) is 0.617. The van der Waals surface area contributed by atoms with Gasteiger partial charge in [-0.2, -0.15) is 0 Å². The maximum atomic E-state index is 12.2. The van der Waals surface area contributed by atoms with Crippen LogP contribution in [0.4, 0.5) is 0 Å². The number of benzene rings is 1. The van der Waals surface area contributed by atoms with E-state index in [2.05, 4.69) is 54.2 Å². The van der Waals surface area contributed by atoms with E-state index in [0.717, 1.165) is 79.3 Å². The van der Waals surface area contributed by atoms with Gasteiger partial charge in [0.2, 0.25) is 0 Å². The molecule has 314 valence electrons. The van der Waals surface area contributed by atoms with Crippen molar-refractivity contribution >= 4 is 21.6 Å². The fourth-order valence-electron chi connectivity index (χ4n) is 11.2. The summed E-state index contributed by atoms with van der Waals surface area (Å²) in [6.45, 7) is 4.85. The number of aliphatic hydroxyl groups excluding tert-OH is 4. The molecule has 9 nitrogen and oxygen atoms in total. The Hall–Kier alpha value is -2.98. The zero-order valence-corrected chi connectivity index (χ0v) is 35.7. The highest BCUT2D eigenvalue weighted by Gasteiger charge is 2.46. The van der Waals surface area contributed by atoms with Crippen molar-refractivity contribution in [3.05, 3.63) is 82.0 Å². The van der Waals surface area contributed by atoms with Crippen LogP contribution in [0.1, 0.15) is 94.4 Å². The first-order chi connectivity index (χ1) is 28.1. The number of aromatic nitrogens is 1. The number of rotatable bonds is 7. The average molecular weight is 830 g/mol. The van der Waals surface area contributed by atoms with E-state index >= 15 is 0 Å². The Morgan fingerprint density at radius 2 is 1.91 bits per heavy atom. The molecule has 2 fully saturated rings. The summed E-state index contributed by atoms with van der Waals surface area (Å²) < 4.78 is 6.87. The van der Waals surface area contributed by atoms with Crippen LogP contribution < -0.4 is 15.8 Å². The molecule has 2 bridgehead atoms. The zero-order valence-electron chi connectivity index (χ0n) is 34.0. The molecule has 12 unspecified atom stereocenters. The van der Waals surface area contributed by atoms with Crippen molar-refractivity contribution in [1.29, 1.82) is 0 Å². The van der Waals surface area contributed by atoms with Crippen LogP contribution >= 0.6 is 21.6 Å². The molecule has 3 heterocycles. The number of aromatic amines is 1. The molecule has 0 spiro atoms. The van der Waals surface area contributed by atoms with E-state index in [9.17, 15) is 25.5 Å². The number of phenols is 1. The highest BCUT2D eigenvalue weighted by Crippen LogP contribution is 2.52. The second-order valence-electron chi connectivity index (χ2n) is 17.9. The molecule has 1 aromatic heterocycles. The standard InChI is InChI=1S/C47H63N3O6S2/c1-3-27-17-30-20-39(52)41(23-36(30)37-22-40(53)43-29(19-35(27)37)10-14-47(4-2)12-5-7-28(9-13-47)45(43)55)56-42-21-31(18-33-8-6-15-49-33)34-11-16-50-46(48)38(34)26-58-57-25-32(24-51)44(42)54/h6,8,11,15,19-20,23,27-29,31-32,37,40,42-45,49-55H,3-5,7,9,12-13,16-18,21-22,24-26,48H2,1-2H3. The van der Waals surface area contributed by atoms with Crippen LogP contribution in [-0.4, -0.2) is 79.6 Å². The molecule has 1 saturated carbocycles. The van der Waals surface area contributed by atoms with Gasteiger partial charge in [-0.15, -0.1) is 0 Å². The van der Waals surface area contributed by atoms with Crippen LogP contribution in [0.15, 0.2) is 65.2 Å². The van der Waals surface area contributed by atoms with Crippen molar-refractivity contribution in [3.63, 3.8) is 0 Å². The van der Waals surface area contributed by atoms with E-state index in [0.29, 0.717) is 48.9 Å². The number of hydrogen-bond acceptors (Lipinski definition) is 10. The molecule has 58 heavy (non-hydrogen) atoms. The van der Waals surface area contributed by atoms with Crippen molar-refractivity contribution in [2.75, 3.05) is 24.7 Å². The van der Waals surface area contributed by atoms with E-state index in [1.165, 1.54) is 5.57 Å². The summed E-state index contributed by atoms with van der Waals surface area (Å²) >= 11 is 0. The molecule has 12 atom stereocenters. The first kappa shape index (κ1) is 41.7. The van der Waals surface area contributed by atoms with E-state index in [4.69, 9.17) is 10.5 Å². The van der Waals surface area contributed by atoms with Crippen molar-refractivity contribution in [1.82, 2.24) is 10.3 Å². The van der Waals surface area contributed by atoms with Gasteiger partial charge in [-0.25, -0.2) is 0 Å². The zero-order chi connectivity index (χ0) is 40.6. The number of nitrogens with two attached hydrogens (primary N) is 1. The second kappa shape index (κ2) is 17.9. The average Bonchev–Trinajstić information content (AvgIpc) is 3.58. The largest absolute Gasteiger partial charge is 0.504 e. The lowest BCUT2D eigenvalue weighted by atomic mass is 9.70.